The molecule has 5 aromatic carbocycles. The molecule has 0 amide bonds. The average Bonchev–Trinajstić information content (AvgIpc) is 3.86. The van der Waals surface area contributed by atoms with E-state index in [4.69, 9.17) is 5.10 Å². The van der Waals surface area contributed by atoms with Crippen molar-refractivity contribution < 1.29 is 8.42 Å². The quantitative estimate of drug-likeness (QED) is 0.147. The van der Waals surface area contributed by atoms with E-state index < -0.39 is 15.4 Å². The molecule has 3 heterocycles. The molecule has 0 spiro atoms. The van der Waals surface area contributed by atoms with Crippen LogP contribution in [0.15, 0.2) is 162 Å². The summed E-state index contributed by atoms with van der Waals surface area (Å²) in [5.74, 6) is 0. The first-order valence-electron chi connectivity index (χ1n) is 16.2. The van der Waals surface area contributed by atoms with Crippen molar-refractivity contribution in [1.82, 2.24) is 19.7 Å². The number of rotatable bonds is 8. The van der Waals surface area contributed by atoms with E-state index in [1.54, 1.807) is 24.3 Å². The Morgan fingerprint density at radius 2 is 1.27 bits per heavy atom. The summed E-state index contributed by atoms with van der Waals surface area (Å²) >= 11 is 1.19. The third-order valence-electron chi connectivity index (χ3n) is 9.05. The normalized spacial score (nSPS) is 11.8. The van der Waals surface area contributed by atoms with E-state index in [1.807, 2.05) is 84.9 Å². The van der Waals surface area contributed by atoms with Crippen LogP contribution in [0.3, 0.4) is 0 Å². The predicted octanol–water partition coefficient (Wildman–Crippen LogP) is 9.00. The lowest BCUT2D eigenvalue weighted by Crippen LogP contribution is -2.38. The van der Waals surface area contributed by atoms with Crippen molar-refractivity contribution in [3.63, 3.8) is 0 Å². The van der Waals surface area contributed by atoms with E-state index in [0.29, 0.717) is 11.3 Å². The van der Waals surface area contributed by atoms with E-state index in [-0.39, 0.29) is 4.21 Å². The number of benzene rings is 5. The van der Waals surface area contributed by atoms with Crippen LogP contribution in [0.2, 0.25) is 0 Å². The molecule has 0 saturated carbocycles. The second-order valence-electron chi connectivity index (χ2n) is 12.2. The van der Waals surface area contributed by atoms with E-state index >= 15 is 0 Å². The van der Waals surface area contributed by atoms with Crippen LogP contribution >= 0.6 is 11.3 Å². The molecule has 3 aromatic heterocycles. The summed E-state index contributed by atoms with van der Waals surface area (Å²) in [4.78, 5) is 9.90. The fourth-order valence-electron chi connectivity index (χ4n) is 6.67. The Hall–Kier alpha value is -6.21. The third-order valence-corrected chi connectivity index (χ3v) is 12.0. The fraction of sp³-hybridized carbons (Fsp3) is 0.0476. The maximum Gasteiger partial charge on any atom is 0.184 e. The number of sulfone groups is 1. The van der Waals surface area contributed by atoms with Gasteiger partial charge in [0.1, 0.15) is 21.8 Å². The van der Waals surface area contributed by atoms with Gasteiger partial charge in [-0.1, -0.05) is 109 Å². The van der Waals surface area contributed by atoms with Crippen molar-refractivity contribution in [2.45, 2.75) is 9.75 Å². The molecule has 0 N–H and O–H groups in total. The molecule has 0 aliphatic carbocycles. The van der Waals surface area contributed by atoms with Crippen LogP contribution in [0.1, 0.15) is 22.3 Å². The third kappa shape index (κ3) is 5.70. The van der Waals surface area contributed by atoms with Gasteiger partial charge in [0.25, 0.3) is 0 Å². The summed E-state index contributed by atoms with van der Waals surface area (Å²) in [5, 5.41) is 15.8. The van der Waals surface area contributed by atoms with Crippen LogP contribution < -0.4 is 0 Å². The summed E-state index contributed by atoms with van der Waals surface area (Å²) in [6.07, 6.45) is 4.81. The van der Waals surface area contributed by atoms with Gasteiger partial charge in [-0.05, 0) is 58.7 Å². The topological polar surface area (TPSA) is 102 Å². The molecule has 246 valence electrons. The summed E-state index contributed by atoms with van der Waals surface area (Å²) in [5.41, 5.74) is 7.55. The number of fused-ring (bicyclic) bond motifs is 1. The van der Waals surface area contributed by atoms with Crippen LogP contribution in [-0.4, -0.2) is 34.4 Å². The monoisotopic (exact) mass is 699 g/mol. The van der Waals surface area contributed by atoms with Crippen LogP contribution in [-0.2, 0) is 15.4 Å². The zero-order valence-electron chi connectivity index (χ0n) is 27.4. The van der Waals surface area contributed by atoms with Gasteiger partial charge >= 0.3 is 0 Å². The number of nitriles is 1. The van der Waals surface area contributed by atoms with Gasteiger partial charge in [0.15, 0.2) is 9.84 Å². The van der Waals surface area contributed by atoms with Crippen LogP contribution in [0.25, 0.3) is 43.9 Å². The van der Waals surface area contributed by atoms with E-state index in [9.17, 15) is 13.7 Å². The predicted molar refractivity (Wildman–Crippen MR) is 202 cm³/mol. The lowest BCUT2D eigenvalue weighted by molar-refractivity contribution is 0.461. The van der Waals surface area contributed by atoms with E-state index in [2.05, 4.69) is 63.3 Å². The van der Waals surface area contributed by atoms with Crippen molar-refractivity contribution in [1.29, 1.82) is 5.26 Å². The molecule has 0 atom stereocenters. The first-order valence-corrected chi connectivity index (χ1v) is 18.9. The number of hydrogen-bond donors (Lipinski definition) is 0. The van der Waals surface area contributed by atoms with Crippen molar-refractivity contribution in [3.8, 4) is 39.0 Å². The number of nitrogens with zero attached hydrogens (tertiary/aromatic N) is 5. The average molecular weight is 700 g/mol. The second-order valence-corrected chi connectivity index (χ2v) is 15.5. The Balaban J connectivity index is 1.42. The van der Waals surface area contributed by atoms with Gasteiger partial charge in [0.05, 0.1) is 27.7 Å². The van der Waals surface area contributed by atoms with Crippen molar-refractivity contribution in [3.05, 3.63) is 180 Å². The van der Waals surface area contributed by atoms with Gasteiger partial charge in [-0.25, -0.2) is 18.4 Å². The second kappa shape index (κ2) is 12.9. The zero-order valence-corrected chi connectivity index (χ0v) is 29.0. The minimum atomic E-state index is -3.37. The molecule has 0 unspecified atom stereocenters. The van der Waals surface area contributed by atoms with Crippen LogP contribution in [0.5, 0.6) is 0 Å². The van der Waals surface area contributed by atoms with Gasteiger partial charge in [0.2, 0.25) is 0 Å². The molecular formula is C42H29N5O2S2. The molecule has 0 saturated heterocycles. The SMILES string of the molecule is CS(=O)(=O)c1ccc(-c2ncnc3ccc(-c4cn(C(c5ccccc5)(c5ccccc5)c5ccccc5)nc4-c4ccc(C#N)cc4)cc23)s1. The largest absolute Gasteiger partial charge is 0.252 e. The molecule has 8 rings (SSSR count). The van der Waals surface area contributed by atoms with Gasteiger partial charge in [0, 0.05) is 29.0 Å². The van der Waals surface area contributed by atoms with Crippen molar-refractivity contribution in [2.75, 3.05) is 6.26 Å². The molecule has 51 heavy (non-hydrogen) atoms. The van der Waals surface area contributed by atoms with Gasteiger partial charge in [-0.2, -0.15) is 10.4 Å². The van der Waals surface area contributed by atoms with Gasteiger partial charge in [-0.3, -0.25) is 4.68 Å². The lowest BCUT2D eigenvalue weighted by atomic mass is 9.77. The minimum absolute atomic E-state index is 0.281. The molecule has 0 aliphatic rings. The summed E-state index contributed by atoms with van der Waals surface area (Å²) < 4.78 is 27.0. The van der Waals surface area contributed by atoms with Crippen molar-refractivity contribution >= 4 is 32.1 Å². The molecule has 9 heteroatoms. The zero-order chi connectivity index (χ0) is 35.0. The molecule has 7 nitrogen and oxygen atoms in total. The van der Waals surface area contributed by atoms with E-state index in [1.165, 1.54) is 23.9 Å². The van der Waals surface area contributed by atoms with Crippen molar-refractivity contribution in [2.24, 2.45) is 0 Å². The highest BCUT2D eigenvalue weighted by Gasteiger charge is 2.40. The maximum absolute atomic E-state index is 12.3. The Morgan fingerprint density at radius 1 is 0.686 bits per heavy atom. The van der Waals surface area contributed by atoms with Gasteiger partial charge in [-0.15, -0.1) is 11.3 Å². The Labute approximate surface area is 299 Å². The van der Waals surface area contributed by atoms with E-state index in [0.717, 1.165) is 54.9 Å². The molecule has 8 aromatic rings. The highest BCUT2D eigenvalue weighted by atomic mass is 32.2. The molecule has 0 fully saturated rings. The van der Waals surface area contributed by atoms with Crippen LogP contribution in [0.4, 0.5) is 0 Å². The fourth-order valence-corrected chi connectivity index (χ4v) is 8.61. The smallest absolute Gasteiger partial charge is 0.184 e. The highest BCUT2D eigenvalue weighted by Crippen LogP contribution is 2.44. The lowest BCUT2D eigenvalue weighted by Gasteiger charge is -2.36. The first-order chi connectivity index (χ1) is 24.9. The van der Waals surface area contributed by atoms with Gasteiger partial charge < -0.3 is 0 Å². The molecule has 0 radical (unpaired) electrons. The number of thiophene rings is 1. The number of aromatic nitrogens is 4. The standard InChI is InChI=1S/C42H29N5O2S2/c1-51(48,49)39-24-23-38(50-39)41-35-25-31(21-22-37(35)44-28-45-41)36-27-47(46-40(36)30-19-17-29(26-43)18-20-30)42(32-11-5-2-6-12-32,33-13-7-3-8-14-33)34-15-9-4-10-16-34/h2-25,27-28H,1H3. The summed E-state index contributed by atoms with van der Waals surface area (Å²) in [6.45, 7) is 0. The molecule has 0 bridgehead atoms. The minimum Gasteiger partial charge on any atom is -0.252 e. The Morgan fingerprint density at radius 3 is 1.82 bits per heavy atom. The number of hydrogen-bond acceptors (Lipinski definition) is 7. The maximum atomic E-state index is 12.3. The Bertz CT molecular complexity index is 2570. The molecule has 0 aliphatic heterocycles. The summed E-state index contributed by atoms with van der Waals surface area (Å²) in [6, 6.07) is 50.3. The Kier molecular flexibility index (Phi) is 8.11. The molecular weight excluding hydrogens is 671 g/mol. The summed E-state index contributed by atoms with van der Waals surface area (Å²) in [7, 11) is -3.37. The van der Waals surface area contributed by atoms with Crippen LogP contribution in [0, 0.1) is 11.3 Å². The first kappa shape index (κ1) is 32.0. The highest BCUT2D eigenvalue weighted by molar-refractivity contribution is 7.92.